The molecule has 5 rings (SSSR count). The number of benzene rings is 1. The summed E-state index contributed by atoms with van der Waals surface area (Å²) >= 11 is 0. The van der Waals surface area contributed by atoms with E-state index in [-0.39, 0.29) is 5.82 Å². The van der Waals surface area contributed by atoms with E-state index in [9.17, 15) is 4.39 Å². The van der Waals surface area contributed by atoms with Crippen molar-refractivity contribution in [2.24, 2.45) is 0 Å². The molecule has 2 N–H and O–H groups in total. The fourth-order valence-corrected chi connectivity index (χ4v) is 4.15. The molecule has 7 heteroatoms. The second-order valence-corrected chi connectivity index (χ2v) is 7.88. The van der Waals surface area contributed by atoms with E-state index >= 15 is 0 Å². The predicted molar refractivity (Wildman–Crippen MR) is 108 cm³/mol. The van der Waals surface area contributed by atoms with E-state index in [2.05, 4.69) is 25.2 Å². The second-order valence-electron chi connectivity index (χ2n) is 7.88. The van der Waals surface area contributed by atoms with Gasteiger partial charge in [-0.25, -0.2) is 14.4 Å². The highest BCUT2D eigenvalue weighted by molar-refractivity contribution is 5.76. The predicted octanol–water partition coefficient (Wildman–Crippen LogP) is 5.18. The summed E-state index contributed by atoms with van der Waals surface area (Å²) in [5.74, 6) is 1.01. The number of aromatic nitrogens is 4. The summed E-state index contributed by atoms with van der Waals surface area (Å²) in [6.07, 6.45) is 11.3. The summed E-state index contributed by atoms with van der Waals surface area (Å²) in [4.78, 5) is 14.0. The second kappa shape index (κ2) is 7.37. The zero-order valence-corrected chi connectivity index (χ0v) is 15.9. The third-order valence-electron chi connectivity index (χ3n) is 5.93. The number of anilines is 3. The van der Waals surface area contributed by atoms with Gasteiger partial charge in [0.05, 0.1) is 11.9 Å². The lowest BCUT2D eigenvalue weighted by molar-refractivity contribution is 0.322. The topological polar surface area (TPSA) is 67.7 Å². The van der Waals surface area contributed by atoms with Crippen LogP contribution in [0, 0.1) is 5.82 Å². The lowest BCUT2D eigenvalue weighted by Crippen LogP contribution is -2.24. The minimum Gasteiger partial charge on any atom is -0.351 e. The smallest absolute Gasteiger partial charge is 0.224 e. The molecule has 0 aliphatic heterocycles. The average molecular weight is 380 g/mol. The Bertz CT molecular complexity index is 974. The van der Waals surface area contributed by atoms with Crippen molar-refractivity contribution in [2.75, 3.05) is 10.6 Å². The highest BCUT2D eigenvalue weighted by atomic mass is 19.1. The number of hydrogen-bond donors (Lipinski definition) is 2. The van der Waals surface area contributed by atoms with E-state index in [0.717, 1.165) is 24.0 Å². The van der Waals surface area contributed by atoms with E-state index in [1.807, 2.05) is 6.07 Å². The molecule has 2 aromatic heterocycles. The molecule has 0 spiro atoms. The van der Waals surface area contributed by atoms with Crippen LogP contribution >= 0.6 is 0 Å². The molecule has 0 bridgehead atoms. The van der Waals surface area contributed by atoms with Gasteiger partial charge in [-0.15, -0.1) is 0 Å². The van der Waals surface area contributed by atoms with E-state index in [1.54, 1.807) is 18.3 Å². The standard InChI is InChI=1S/C21H25FN6/c22-16-11-4-5-12-17(16)25-21-26-18-13-23-20(24-14-7-2-1-3-8-14)27-19(18)28(21)15-9-6-10-15/h4-5,11-15H,1-3,6-10H2,(H,25,26)(H,23,24,27). The summed E-state index contributed by atoms with van der Waals surface area (Å²) in [7, 11) is 0. The van der Waals surface area contributed by atoms with Crippen LogP contribution in [0.1, 0.15) is 57.4 Å². The van der Waals surface area contributed by atoms with Crippen LogP contribution in [0.3, 0.4) is 0 Å². The number of fused-ring (bicyclic) bond motifs is 1. The molecule has 0 saturated heterocycles. The Kier molecular flexibility index (Phi) is 4.58. The van der Waals surface area contributed by atoms with Crippen LogP contribution in [-0.4, -0.2) is 25.6 Å². The molecular weight excluding hydrogens is 355 g/mol. The van der Waals surface area contributed by atoms with Gasteiger partial charge in [0.2, 0.25) is 11.9 Å². The molecule has 28 heavy (non-hydrogen) atoms. The Morgan fingerprint density at radius 1 is 0.964 bits per heavy atom. The molecule has 0 radical (unpaired) electrons. The van der Waals surface area contributed by atoms with Gasteiger partial charge in [-0.1, -0.05) is 31.4 Å². The third kappa shape index (κ3) is 3.30. The number of hydrogen-bond acceptors (Lipinski definition) is 5. The molecule has 146 valence electrons. The van der Waals surface area contributed by atoms with Crippen molar-refractivity contribution >= 4 is 28.7 Å². The van der Waals surface area contributed by atoms with E-state index in [0.29, 0.717) is 29.7 Å². The molecule has 0 atom stereocenters. The number of imidazole rings is 1. The number of nitrogens with zero attached hydrogens (tertiary/aromatic N) is 4. The lowest BCUT2D eigenvalue weighted by Gasteiger charge is -2.29. The van der Waals surface area contributed by atoms with Gasteiger partial charge < -0.3 is 10.6 Å². The van der Waals surface area contributed by atoms with Crippen LogP contribution in [0.2, 0.25) is 0 Å². The first kappa shape index (κ1) is 17.4. The number of rotatable bonds is 5. The number of nitrogens with one attached hydrogen (secondary N) is 2. The van der Waals surface area contributed by atoms with Crippen molar-refractivity contribution in [1.82, 2.24) is 19.5 Å². The third-order valence-corrected chi connectivity index (χ3v) is 5.93. The van der Waals surface area contributed by atoms with Crippen LogP contribution in [0.5, 0.6) is 0 Å². The quantitative estimate of drug-likeness (QED) is 0.638. The molecule has 2 fully saturated rings. The van der Waals surface area contributed by atoms with Crippen LogP contribution in [0.4, 0.5) is 22.0 Å². The van der Waals surface area contributed by atoms with Crippen LogP contribution in [0.25, 0.3) is 11.2 Å². The minimum absolute atomic E-state index is 0.291. The molecule has 0 unspecified atom stereocenters. The van der Waals surface area contributed by atoms with Gasteiger partial charge in [-0.05, 0) is 44.2 Å². The Hall–Kier alpha value is -2.70. The van der Waals surface area contributed by atoms with Gasteiger partial charge in [0.1, 0.15) is 11.3 Å². The largest absolute Gasteiger partial charge is 0.351 e. The summed E-state index contributed by atoms with van der Waals surface area (Å²) in [5, 5.41) is 6.67. The molecule has 2 aliphatic rings. The number of halogens is 1. The first-order valence-electron chi connectivity index (χ1n) is 10.3. The maximum Gasteiger partial charge on any atom is 0.224 e. The molecule has 2 heterocycles. The minimum atomic E-state index is -0.291. The van der Waals surface area contributed by atoms with Gasteiger partial charge in [-0.3, -0.25) is 4.57 Å². The average Bonchev–Trinajstić information content (AvgIpc) is 3.01. The van der Waals surface area contributed by atoms with Crippen molar-refractivity contribution in [1.29, 1.82) is 0 Å². The van der Waals surface area contributed by atoms with Crippen molar-refractivity contribution in [3.05, 3.63) is 36.3 Å². The van der Waals surface area contributed by atoms with Gasteiger partial charge in [0.25, 0.3) is 0 Å². The monoisotopic (exact) mass is 380 g/mol. The maximum absolute atomic E-state index is 14.1. The first-order valence-corrected chi connectivity index (χ1v) is 10.3. The SMILES string of the molecule is Fc1ccccc1Nc1nc2cnc(NC3CCCCC3)nc2n1C1CCC1. The van der Waals surface area contributed by atoms with Crippen LogP contribution < -0.4 is 10.6 Å². The van der Waals surface area contributed by atoms with Crippen LogP contribution in [0.15, 0.2) is 30.5 Å². The van der Waals surface area contributed by atoms with E-state index in [4.69, 9.17) is 4.98 Å². The molecule has 0 amide bonds. The fraction of sp³-hybridized carbons (Fsp3) is 0.476. The van der Waals surface area contributed by atoms with Gasteiger partial charge in [0.15, 0.2) is 5.65 Å². The zero-order chi connectivity index (χ0) is 18.9. The molecule has 2 aliphatic carbocycles. The molecular formula is C21H25FN6. The Morgan fingerprint density at radius 3 is 2.54 bits per heavy atom. The summed E-state index contributed by atoms with van der Waals surface area (Å²) in [6, 6.07) is 7.46. The van der Waals surface area contributed by atoms with Crippen molar-refractivity contribution < 1.29 is 4.39 Å². The highest BCUT2D eigenvalue weighted by Crippen LogP contribution is 2.37. The summed E-state index contributed by atoms with van der Waals surface area (Å²) < 4.78 is 16.3. The molecule has 6 nitrogen and oxygen atoms in total. The highest BCUT2D eigenvalue weighted by Gasteiger charge is 2.26. The van der Waals surface area contributed by atoms with Crippen molar-refractivity contribution in [3.8, 4) is 0 Å². The van der Waals surface area contributed by atoms with Crippen molar-refractivity contribution in [3.63, 3.8) is 0 Å². The maximum atomic E-state index is 14.1. The lowest BCUT2D eigenvalue weighted by atomic mass is 9.93. The first-order chi connectivity index (χ1) is 13.8. The molecule has 2 saturated carbocycles. The normalized spacial score (nSPS) is 18.2. The Morgan fingerprint density at radius 2 is 1.79 bits per heavy atom. The van der Waals surface area contributed by atoms with Gasteiger partial charge in [0, 0.05) is 12.1 Å². The number of para-hydroxylation sites is 1. The van der Waals surface area contributed by atoms with Crippen LogP contribution in [-0.2, 0) is 0 Å². The van der Waals surface area contributed by atoms with Crippen molar-refractivity contribution in [2.45, 2.75) is 63.5 Å². The fourth-order valence-electron chi connectivity index (χ4n) is 4.15. The molecule has 1 aromatic carbocycles. The Labute approximate surface area is 163 Å². The van der Waals surface area contributed by atoms with Gasteiger partial charge in [-0.2, -0.15) is 4.98 Å². The van der Waals surface area contributed by atoms with E-state index < -0.39 is 0 Å². The zero-order valence-electron chi connectivity index (χ0n) is 15.9. The van der Waals surface area contributed by atoms with E-state index in [1.165, 1.54) is 44.6 Å². The summed E-state index contributed by atoms with van der Waals surface area (Å²) in [5.41, 5.74) is 1.98. The molecule has 3 aromatic rings. The van der Waals surface area contributed by atoms with Gasteiger partial charge >= 0.3 is 0 Å². The summed E-state index contributed by atoms with van der Waals surface area (Å²) in [6.45, 7) is 0. The Balaban J connectivity index is 1.50.